The zero-order valence-corrected chi connectivity index (χ0v) is 19.9. The molecule has 0 saturated carbocycles. The SMILES string of the molecule is COc1cccc(N(CCCC(=O)N(Cc2ccccc2)Cc2ccccc2)S(C)(=O)=O)c1. The molecule has 33 heavy (non-hydrogen) atoms. The second-order valence-electron chi connectivity index (χ2n) is 7.86. The quantitative estimate of drug-likeness (QED) is 0.418. The molecule has 0 aromatic heterocycles. The maximum absolute atomic E-state index is 13.2. The van der Waals surface area contributed by atoms with Gasteiger partial charge in [-0.05, 0) is 29.7 Å². The average molecular weight is 467 g/mol. The maximum Gasteiger partial charge on any atom is 0.232 e. The zero-order valence-electron chi connectivity index (χ0n) is 19.1. The van der Waals surface area contributed by atoms with Gasteiger partial charge in [-0.25, -0.2) is 8.42 Å². The van der Waals surface area contributed by atoms with Crippen LogP contribution in [0.2, 0.25) is 0 Å². The van der Waals surface area contributed by atoms with Crippen LogP contribution in [0.1, 0.15) is 24.0 Å². The van der Waals surface area contributed by atoms with Crippen molar-refractivity contribution in [1.29, 1.82) is 0 Å². The highest BCUT2D eigenvalue weighted by Gasteiger charge is 2.20. The standard InChI is InChI=1S/C26H30N2O4S/c1-32-25-16-9-15-24(19-25)28(33(2,30)31)18-10-17-26(29)27(20-22-11-5-3-6-12-22)21-23-13-7-4-8-14-23/h3-9,11-16,19H,10,17-18,20-21H2,1-2H3. The van der Waals surface area contributed by atoms with Gasteiger partial charge in [-0.1, -0.05) is 66.7 Å². The van der Waals surface area contributed by atoms with Crippen LogP contribution in [0.4, 0.5) is 5.69 Å². The number of carbonyl (C=O) groups is 1. The lowest BCUT2D eigenvalue weighted by molar-refractivity contribution is -0.132. The molecule has 3 rings (SSSR count). The first kappa shape index (κ1) is 24.3. The van der Waals surface area contributed by atoms with Crippen molar-refractivity contribution in [2.45, 2.75) is 25.9 Å². The molecule has 0 N–H and O–H groups in total. The number of methoxy groups -OCH3 is 1. The average Bonchev–Trinajstić information content (AvgIpc) is 2.82. The Hall–Kier alpha value is -3.32. The lowest BCUT2D eigenvalue weighted by Gasteiger charge is -2.25. The lowest BCUT2D eigenvalue weighted by Crippen LogP contribution is -2.33. The van der Waals surface area contributed by atoms with E-state index >= 15 is 0 Å². The van der Waals surface area contributed by atoms with Crippen LogP contribution >= 0.6 is 0 Å². The second kappa shape index (κ2) is 11.5. The van der Waals surface area contributed by atoms with Crippen molar-refractivity contribution in [3.05, 3.63) is 96.1 Å². The minimum atomic E-state index is -3.51. The number of amides is 1. The lowest BCUT2D eigenvalue weighted by atomic mass is 10.1. The summed E-state index contributed by atoms with van der Waals surface area (Å²) in [6.07, 6.45) is 1.82. The third kappa shape index (κ3) is 7.36. The van der Waals surface area contributed by atoms with Gasteiger partial charge in [0, 0.05) is 32.1 Å². The smallest absolute Gasteiger partial charge is 0.232 e. The van der Waals surface area contributed by atoms with E-state index in [9.17, 15) is 13.2 Å². The van der Waals surface area contributed by atoms with Gasteiger partial charge in [0.25, 0.3) is 0 Å². The van der Waals surface area contributed by atoms with E-state index in [0.29, 0.717) is 30.9 Å². The summed E-state index contributed by atoms with van der Waals surface area (Å²) in [5, 5.41) is 0. The summed E-state index contributed by atoms with van der Waals surface area (Å²) in [5.74, 6) is 0.566. The predicted molar refractivity (Wildman–Crippen MR) is 132 cm³/mol. The topological polar surface area (TPSA) is 66.9 Å². The largest absolute Gasteiger partial charge is 0.497 e. The van der Waals surface area contributed by atoms with Crippen LogP contribution in [0.3, 0.4) is 0 Å². The third-order valence-electron chi connectivity index (χ3n) is 5.28. The van der Waals surface area contributed by atoms with Crippen LogP contribution in [0.25, 0.3) is 0 Å². The molecule has 0 saturated heterocycles. The van der Waals surface area contributed by atoms with Crippen LogP contribution in [-0.2, 0) is 27.9 Å². The molecule has 0 radical (unpaired) electrons. The summed E-state index contributed by atoms with van der Waals surface area (Å²) in [4.78, 5) is 15.0. The normalized spacial score (nSPS) is 11.1. The minimum absolute atomic E-state index is 0.0122. The fraction of sp³-hybridized carbons (Fsp3) is 0.269. The molecule has 0 atom stereocenters. The molecule has 0 aliphatic carbocycles. The Bertz CT molecular complexity index is 1090. The molecule has 0 fully saturated rings. The second-order valence-corrected chi connectivity index (χ2v) is 9.77. The van der Waals surface area contributed by atoms with E-state index in [4.69, 9.17) is 4.74 Å². The van der Waals surface area contributed by atoms with Gasteiger partial charge in [-0.3, -0.25) is 9.10 Å². The van der Waals surface area contributed by atoms with Gasteiger partial charge in [-0.2, -0.15) is 0 Å². The molecule has 174 valence electrons. The fourth-order valence-electron chi connectivity index (χ4n) is 3.62. The molecule has 0 aliphatic rings. The third-order valence-corrected chi connectivity index (χ3v) is 6.47. The Labute approximate surface area is 196 Å². The van der Waals surface area contributed by atoms with Gasteiger partial charge in [0.1, 0.15) is 5.75 Å². The van der Waals surface area contributed by atoms with Crippen molar-refractivity contribution in [2.24, 2.45) is 0 Å². The predicted octanol–water partition coefficient (Wildman–Crippen LogP) is 4.47. The van der Waals surface area contributed by atoms with Crippen molar-refractivity contribution in [1.82, 2.24) is 4.90 Å². The van der Waals surface area contributed by atoms with Gasteiger partial charge in [0.15, 0.2) is 0 Å². The molecule has 0 spiro atoms. The highest BCUT2D eigenvalue weighted by Crippen LogP contribution is 2.23. The number of sulfonamides is 1. The van der Waals surface area contributed by atoms with Gasteiger partial charge < -0.3 is 9.64 Å². The van der Waals surface area contributed by atoms with Gasteiger partial charge >= 0.3 is 0 Å². The van der Waals surface area contributed by atoms with Crippen LogP contribution in [0, 0.1) is 0 Å². The van der Waals surface area contributed by atoms with Crippen molar-refractivity contribution in [2.75, 3.05) is 24.2 Å². The summed E-state index contributed by atoms with van der Waals surface area (Å²) in [5.41, 5.74) is 2.63. The van der Waals surface area contributed by atoms with Crippen molar-refractivity contribution >= 4 is 21.6 Å². The van der Waals surface area contributed by atoms with E-state index in [1.54, 1.807) is 24.3 Å². The van der Waals surface area contributed by atoms with Crippen LogP contribution in [-0.4, -0.2) is 39.1 Å². The molecule has 0 bridgehead atoms. The Morgan fingerprint density at radius 1 is 0.848 bits per heavy atom. The Morgan fingerprint density at radius 3 is 1.94 bits per heavy atom. The highest BCUT2D eigenvalue weighted by molar-refractivity contribution is 7.92. The number of ether oxygens (including phenoxy) is 1. The van der Waals surface area contributed by atoms with Crippen molar-refractivity contribution < 1.29 is 17.9 Å². The van der Waals surface area contributed by atoms with E-state index < -0.39 is 10.0 Å². The van der Waals surface area contributed by atoms with Crippen molar-refractivity contribution in [3.63, 3.8) is 0 Å². The molecular weight excluding hydrogens is 436 g/mol. The van der Waals surface area contributed by atoms with Crippen LogP contribution in [0.5, 0.6) is 5.75 Å². The first-order chi connectivity index (χ1) is 15.9. The first-order valence-electron chi connectivity index (χ1n) is 10.8. The van der Waals surface area contributed by atoms with Crippen molar-refractivity contribution in [3.8, 4) is 5.75 Å². The Morgan fingerprint density at radius 2 is 1.42 bits per heavy atom. The molecular formula is C26H30N2O4S. The van der Waals surface area contributed by atoms with E-state index in [1.807, 2.05) is 65.6 Å². The number of carbonyl (C=O) groups excluding carboxylic acids is 1. The fourth-order valence-corrected chi connectivity index (χ4v) is 4.58. The molecule has 0 aliphatic heterocycles. The zero-order chi connectivity index (χ0) is 23.7. The van der Waals surface area contributed by atoms with E-state index in [1.165, 1.54) is 17.7 Å². The van der Waals surface area contributed by atoms with Gasteiger partial charge in [0.2, 0.25) is 15.9 Å². The first-order valence-corrected chi connectivity index (χ1v) is 12.7. The Kier molecular flexibility index (Phi) is 8.49. The number of hydrogen-bond donors (Lipinski definition) is 0. The van der Waals surface area contributed by atoms with Gasteiger partial charge in [0.05, 0.1) is 19.1 Å². The summed E-state index contributed by atoms with van der Waals surface area (Å²) < 4.78 is 31.4. The number of hydrogen-bond acceptors (Lipinski definition) is 4. The van der Waals surface area contributed by atoms with Crippen LogP contribution < -0.4 is 9.04 Å². The number of nitrogens with zero attached hydrogens (tertiary/aromatic N) is 2. The highest BCUT2D eigenvalue weighted by atomic mass is 32.2. The summed E-state index contributed by atoms with van der Waals surface area (Å²) >= 11 is 0. The van der Waals surface area contributed by atoms with Crippen LogP contribution in [0.15, 0.2) is 84.9 Å². The minimum Gasteiger partial charge on any atom is -0.497 e. The van der Waals surface area contributed by atoms with E-state index in [2.05, 4.69) is 0 Å². The van der Waals surface area contributed by atoms with Gasteiger partial charge in [-0.15, -0.1) is 0 Å². The molecule has 0 heterocycles. The monoisotopic (exact) mass is 466 g/mol. The molecule has 0 unspecified atom stereocenters. The maximum atomic E-state index is 13.2. The number of anilines is 1. The molecule has 3 aromatic rings. The van der Waals surface area contributed by atoms with E-state index in [0.717, 1.165) is 11.1 Å². The van der Waals surface area contributed by atoms with E-state index in [-0.39, 0.29) is 18.9 Å². The molecule has 1 amide bonds. The number of benzene rings is 3. The molecule has 3 aromatic carbocycles. The summed E-state index contributed by atoms with van der Waals surface area (Å²) in [6, 6.07) is 26.6. The molecule has 6 nitrogen and oxygen atoms in total. The number of rotatable bonds is 11. The Balaban J connectivity index is 1.69. The molecule has 7 heteroatoms. The summed E-state index contributed by atoms with van der Waals surface area (Å²) in [7, 11) is -1.97. The summed E-state index contributed by atoms with van der Waals surface area (Å²) in [6.45, 7) is 1.21.